The van der Waals surface area contributed by atoms with Gasteiger partial charge < -0.3 is 30.6 Å². The first kappa shape index (κ1) is 24.2. The van der Waals surface area contributed by atoms with Gasteiger partial charge in [0.1, 0.15) is 28.3 Å². The molecule has 176 valence electrons. The Labute approximate surface area is 195 Å². The first-order valence-corrected chi connectivity index (χ1v) is 11.2. The van der Waals surface area contributed by atoms with E-state index in [1.165, 1.54) is 12.1 Å². The third-order valence-corrected chi connectivity index (χ3v) is 5.46. The Bertz CT molecular complexity index is 1070. The number of thiazole rings is 1. The molecular formula is C22H27N5O5S. The zero-order valence-electron chi connectivity index (χ0n) is 18.7. The van der Waals surface area contributed by atoms with E-state index in [1.54, 1.807) is 32.5 Å². The van der Waals surface area contributed by atoms with Crippen molar-refractivity contribution in [3.05, 3.63) is 46.6 Å². The predicted molar refractivity (Wildman–Crippen MR) is 125 cm³/mol. The number of carbonyl (C=O) groups excluding carboxylic acids is 2. The van der Waals surface area contributed by atoms with Crippen molar-refractivity contribution < 1.29 is 23.8 Å². The van der Waals surface area contributed by atoms with E-state index in [1.807, 2.05) is 6.92 Å². The van der Waals surface area contributed by atoms with Gasteiger partial charge in [0.15, 0.2) is 0 Å². The minimum absolute atomic E-state index is 0.0468. The average molecular weight is 474 g/mol. The van der Waals surface area contributed by atoms with Crippen LogP contribution < -0.4 is 25.8 Å². The molecule has 2 amide bonds. The molecule has 0 aliphatic carbocycles. The number of hydrogen-bond donors (Lipinski definition) is 3. The Morgan fingerprint density at radius 1 is 1.39 bits per heavy atom. The molecule has 2 aromatic rings. The van der Waals surface area contributed by atoms with Crippen molar-refractivity contribution in [2.75, 3.05) is 27.3 Å². The van der Waals surface area contributed by atoms with Crippen LogP contribution >= 0.6 is 11.3 Å². The minimum Gasteiger partial charge on any atom is -0.488 e. The number of fused-ring (bicyclic) bond motifs is 1. The van der Waals surface area contributed by atoms with Crippen LogP contribution in [0.15, 0.2) is 35.5 Å². The second-order valence-electron chi connectivity index (χ2n) is 7.26. The highest BCUT2D eigenvalue weighted by atomic mass is 32.1. The van der Waals surface area contributed by atoms with Crippen molar-refractivity contribution in [3.8, 4) is 16.7 Å². The summed E-state index contributed by atoms with van der Waals surface area (Å²) in [4.78, 5) is 33.8. The van der Waals surface area contributed by atoms with Crippen LogP contribution in [-0.4, -0.2) is 56.0 Å². The summed E-state index contributed by atoms with van der Waals surface area (Å²) in [5.41, 5.74) is 6.71. The van der Waals surface area contributed by atoms with E-state index in [0.717, 1.165) is 17.8 Å². The highest BCUT2D eigenvalue weighted by Gasteiger charge is 2.22. The molecule has 0 unspecified atom stereocenters. The molecule has 0 radical (unpaired) electrons. The number of hydrogen-bond acceptors (Lipinski definition) is 8. The lowest BCUT2D eigenvalue weighted by atomic mass is 10.2. The SMILES string of the molecule is CN/C=C\C(N)=NC(=O)c1cc(Oc2nc3c(s2)C(=O)NCCC3)cc(O[C@@H](C)COC)c1. The first-order valence-electron chi connectivity index (χ1n) is 10.4. The van der Waals surface area contributed by atoms with Gasteiger partial charge in [-0.25, -0.2) is 4.98 Å². The van der Waals surface area contributed by atoms with Crippen LogP contribution in [-0.2, 0) is 11.2 Å². The molecule has 0 bridgehead atoms. The summed E-state index contributed by atoms with van der Waals surface area (Å²) in [5, 5.41) is 5.92. The van der Waals surface area contributed by atoms with E-state index < -0.39 is 5.91 Å². The number of ether oxygens (including phenoxy) is 3. The number of nitrogens with two attached hydrogens (primary N) is 1. The monoisotopic (exact) mass is 473 g/mol. The van der Waals surface area contributed by atoms with Crippen molar-refractivity contribution in [3.63, 3.8) is 0 Å². The molecule has 1 aromatic heterocycles. The summed E-state index contributed by atoms with van der Waals surface area (Å²) in [6.45, 7) is 2.83. The molecule has 33 heavy (non-hydrogen) atoms. The van der Waals surface area contributed by atoms with E-state index >= 15 is 0 Å². The third kappa shape index (κ3) is 6.77. The van der Waals surface area contributed by atoms with Crippen LogP contribution in [0.1, 0.15) is 39.1 Å². The van der Waals surface area contributed by atoms with E-state index in [9.17, 15) is 9.59 Å². The standard InChI is InChI=1S/C22H27N5O5S/c1-13(12-30-3)31-15-9-14(20(28)27-18(23)6-8-24-2)10-16(11-15)32-22-26-17-5-4-7-25-21(29)19(17)33-22/h6,8-11,13,24H,4-5,7,12H2,1-3H3,(H,25,29)(H2,23,27,28)/b8-6-/t13-/m0/s1. The van der Waals surface area contributed by atoms with Gasteiger partial charge >= 0.3 is 0 Å². The van der Waals surface area contributed by atoms with Gasteiger partial charge in [-0.2, -0.15) is 4.99 Å². The maximum absolute atomic E-state index is 12.7. The van der Waals surface area contributed by atoms with Gasteiger partial charge in [0, 0.05) is 32.3 Å². The third-order valence-electron chi connectivity index (χ3n) is 4.48. The molecule has 1 aromatic carbocycles. The predicted octanol–water partition coefficient (Wildman–Crippen LogP) is 2.26. The molecule has 1 aliphatic heterocycles. The molecule has 0 spiro atoms. The molecule has 4 N–H and O–H groups in total. The largest absolute Gasteiger partial charge is 0.488 e. The van der Waals surface area contributed by atoms with Gasteiger partial charge in [0.05, 0.1) is 12.3 Å². The summed E-state index contributed by atoms with van der Waals surface area (Å²) >= 11 is 1.16. The molecule has 2 heterocycles. The Morgan fingerprint density at radius 3 is 2.94 bits per heavy atom. The molecule has 1 aliphatic rings. The Morgan fingerprint density at radius 2 is 2.18 bits per heavy atom. The molecule has 0 saturated heterocycles. The fraction of sp³-hybridized carbons (Fsp3) is 0.364. The summed E-state index contributed by atoms with van der Waals surface area (Å²) < 4.78 is 16.9. The van der Waals surface area contributed by atoms with Gasteiger partial charge in [-0.3, -0.25) is 9.59 Å². The van der Waals surface area contributed by atoms with E-state index in [4.69, 9.17) is 19.9 Å². The number of carbonyl (C=O) groups is 2. The number of aromatic nitrogens is 1. The maximum atomic E-state index is 12.7. The number of nitrogens with one attached hydrogen (secondary N) is 2. The van der Waals surface area contributed by atoms with Crippen LogP contribution in [0.2, 0.25) is 0 Å². The van der Waals surface area contributed by atoms with E-state index in [2.05, 4.69) is 20.6 Å². The normalized spacial score (nSPS) is 14.9. The lowest BCUT2D eigenvalue weighted by molar-refractivity contribution is 0.0915. The smallest absolute Gasteiger partial charge is 0.279 e. The highest BCUT2D eigenvalue weighted by molar-refractivity contribution is 7.15. The number of amides is 2. The molecule has 3 rings (SSSR count). The molecular weight excluding hydrogens is 446 g/mol. The molecule has 1 atom stereocenters. The number of aliphatic imine (C=N–C) groups is 1. The van der Waals surface area contributed by atoms with Crippen LogP contribution in [0, 0.1) is 0 Å². The fourth-order valence-corrected chi connectivity index (χ4v) is 3.97. The van der Waals surface area contributed by atoms with Crippen LogP contribution in [0.5, 0.6) is 16.7 Å². The van der Waals surface area contributed by atoms with Gasteiger partial charge in [0.2, 0.25) is 0 Å². The second kappa shape index (κ2) is 11.4. The Balaban J connectivity index is 1.90. The van der Waals surface area contributed by atoms with Crippen LogP contribution in [0.4, 0.5) is 0 Å². The Kier molecular flexibility index (Phi) is 8.39. The van der Waals surface area contributed by atoms with Crippen molar-refractivity contribution in [2.45, 2.75) is 25.9 Å². The first-order chi connectivity index (χ1) is 15.9. The number of rotatable bonds is 9. The lowest BCUT2D eigenvalue weighted by Crippen LogP contribution is -2.21. The van der Waals surface area contributed by atoms with Crippen molar-refractivity contribution in [1.82, 2.24) is 15.6 Å². The van der Waals surface area contributed by atoms with Gasteiger partial charge in [-0.15, -0.1) is 0 Å². The van der Waals surface area contributed by atoms with Crippen LogP contribution in [0.25, 0.3) is 0 Å². The molecule has 0 saturated carbocycles. The molecule has 10 nitrogen and oxygen atoms in total. The number of nitrogens with zero attached hydrogens (tertiary/aromatic N) is 2. The second-order valence-corrected chi connectivity index (χ2v) is 8.22. The topological polar surface area (TPSA) is 137 Å². The summed E-state index contributed by atoms with van der Waals surface area (Å²) in [6.07, 6.45) is 4.27. The quantitative estimate of drug-likeness (QED) is 0.373. The van der Waals surface area contributed by atoms with Crippen LogP contribution in [0.3, 0.4) is 0 Å². The van der Waals surface area contributed by atoms with E-state index in [0.29, 0.717) is 46.8 Å². The summed E-state index contributed by atoms with van der Waals surface area (Å²) in [7, 11) is 3.28. The van der Waals surface area contributed by atoms with Crippen molar-refractivity contribution in [2.24, 2.45) is 10.7 Å². The molecule has 0 fully saturated rings. The minimum atomic E-state index is -0.558. The zero-order valence-corrected chi connectivity index (χ0v) is 19.5. The lowest BCUT2D eigenvalue weighted by Gasteiger charge is -2.15. The fourth-order valence-electron chi connectivity index (χ4n) is 3.07. The number of benzene rings is 1. The van der Waals surface area contributed by atoms with Crippen molar-refractivity contribution >= 4 is 29.0 Å². The summed E-state index contributed by atoms with van der Waals surface area (Å²) in [5.74, 6) is 0.0542. The van der Waals surface area contributed by atoms with Gasteiger partial charge in [-0.05, 0) is 44.2 Å². The molecule has 11 heteroatoms. The Hall–Kier alpha value is -3.44. The zero-order chi connectivity index (χ0) is 23.8. The van der Waals surface area contributed by atoms with E-state index in [-0.39, 0.29) is 23.4 Å². The average Bonchev–Trinajstić information content (AvgIpc) is 3.09. The number of aryl methyl sites for hydroxylation is 1. The highest BCUT2D eigenvalue weighted by Crippen LogP contribution is 2.33. The number of amidine groups is 1. The van der Waals surface area contributed by atoms with Gasteiger partial charge in [0.25, 0.3) is 17.0 Å². The van der Waals surface area contributed by atoms with Gasteiger partial charge in [-0.1, -0.05) is 11.3 Å². The summed E-state index contributed by atoms with van der Waals surface area (Å²) in [6, 6.07) is 4.73. The van der Waals surface area contributed by atoms with Crippen molar-refractivity contribution in [1.29, 1.82) is 0 Å². The number of methoxy groups -OCH3 is 1. The maximum Gasteiger partial charge on any atom is 0.279 e.